The first-order valence-corrected chi connectivity index (χ1v) is 11.5. The van der Waals surface area contributed by atoms with Crippen molar-refractivity contribution in [3.05, 3.63) is 70.6 Å². The molecule has 0 aliphatic heterocycles. The van der Waals surface area contributed by atoms with E-state index in [1.165, 1.54) is 12.1 Å². The molecule has 0 bridgehead atoms. The smallest absolute Gasteiger partial charge is 0.227 e. The Hall–Kier alpha value is -2.49. The fraction of sp³-hybridized carbons (Fsp3) is 0.400. The van der Waals surface area contributed by atoms with Crippen molar-refractivity contribution in [3.8, 4) is 17.3 Å². The van der Waals surface area contributed by atoms with E-state index in [0.717, 1.165) is 16.9 Å². The molecule has 2 aromatic carbocycles. The molecule has 34 heavy (non-hydrogen) atoms. The maximum atomic E-state index is 13.9. The minimum atomic E-state index is -0.656. The molecule has 0 aliphatic rings. The van der Waals surface area contributed by atoms with E-state index in [1.54, 1.807) is 36.1 Å². The second-order valence-corrected chi connectivity index (χ2v) is 8.29. The average molecular weight is 492 g/mol. The number of aromatic nitrogens is 2. The van der Waals surface area contributed by atoms with Gasteiger partial charge in [0.2, 0.25) is 5.88 Å². The third-order valence-electron chi connectivity index (χ3n) is 5.20. The largest absolute Gasteiger partial charge is 0.438 e. The third-order valence-corrected chi connectivity index (χ3v) is 5.45. The molecule has 1 atom stereocenters. The lowest BCUT2D eigenvalue weighted by molar-refractivity contribution is 0.0147. The van der Waals surface area contributed by atoms with Crippen molar-refractivity contribution in [3.63, 3.8) is 0 Å². The normalized spacial score (nSPS) is 12.3. The summed E-state index contributed by atoms with van der Waals surface area (Å²) in [5, 5.41) is 15.7. The van der Waals surface area contributed by atoms with Gasteiger partial charge < -0.3 is 19.3 Å². The number of ether oxygens (including phenoxy) is 3. The van der Waals surface area contributed by atoms with Gasteiger partial charge in [-0.1, -0.05) is 17.7 Å². The quantitative estimate of drug-likeness (QED) is 0.376. The van der Waals surface area contributed by atoms with Gasteiger partial charge in [-0.15, -0.1) is 0 Å². The maximum Gasteiger partial charge on any atom is 0.227 e. The number of methoxy groups -OCH3 is 1. The molecule has 0 aliphatic carbocycles. The van der Waals surface area contributed by atoms with E-state index in [-0.39, 0.29) is 6.61 Å². The minimum Gasteiger partial charge on any atom is -0.438 e. The molecule has 9 heteroatoms. The van der Waals surface area contributed by atoms with E-state index >= 15 is 0 Å². The molecular formula is C25H31ClFN3O4. The predicted molar refractivity (Wildman–Crippen MR) is 129 cm³/mol. The van der Waals surface area contributed by atoms with Crippen molar-refractivity contribution in [1.82, 2.24) is 14.7 Å². The van der Waals surface area contributed by atoms with Crippen LogP contribution in [0.25, 0.3) is 5.69 Å². The summed E-state index contributed by atoms with van der Waals surface area (Å²) in [6.45, 7) is 6.47. The zero-order valence-corrected chi connectivity index (χ0v) is 20.5. The highest BCUT2D eigenvalue weighted by molar-refractivity contribution is 6.30. The topological polar surface area (TPSA) is 69.0 Å². The van der Waals surface area contributed by atoms with E-state index in [0.29, 0.717) is 49.5 Å². The lowest BCUT2D eigenvalue weighted by Crippen LogP contribution is -2.36. The van der Waals surface area contributed by atoms with Crippen LogP contribution >= 0.6 is 11.6 Å². The number of aryl methyl sites for hydroxylation is 1. The zero-order valence-electron chi connectivity index (χ0n) is 19.7. The summed E-state index contributed by atoms with van der Waals surface area (Å²) in [6.07, 6.45) is -0.656. The van der Waals surface area contributed by atoms with Gasteiger partial charge in [0, 0.05) is 44.4 Å². The van der Waals surface area contributed by atoms with Crippen LogP contribution in [0.4, 0.5) is 4.39 Å². The van der Waals surface area contributed by atoms with Gasteiger partial charge in [-0.25, -0.2) is 9.07 Å². The van der Waals surface area contributed by atoms with Gasteiger partial charge in [0.15, 0.2) is 0 Å². The number of aliphatic hydroxyl groups excluding tert-OH is 1. The molecule has 3 aromatic rings. The van der Waals surface area contributed by atoms with Crippen molar-refractivity contribution in [1.29, 1.82) is 0 Å². The molecule has 0 saturated heterocycles. The Balaban J connectivity index is 1.97. The van der Waals surface area contributed by atoms with Gasteiger partial charge in [-0.3, -0.25) is 4.90 Å². The summed E-state index contributed by atoms with van der Waals surface area (Å²) in [6, 6.07) is 13.2. The van der Waals surface area contributed by atoms with Gasteiger partial charge in [0.05, 0.1) is 36.3 Å². The van der Waals surface area contributed by atoms with Crippen LogP contribution in [-0.2, 0) is 16.0 Å². The molecule has 1 aromatic heterocycles. The molecule has 184 valence electrons. The van der Waals surface area contributed by atoms with Crippen molar-refractivity contribution in [2.24, 2.45) is 0 Å². The summed E-state index contributed by atoms with van der Waals surface area (Å²) in [7, 11) is 1.64. The maximum absolute atomic E-state index is 13.9. The van der Waals surface area contributed by atoms with Crippen LogP contribution in [0.1, 0.15) is 18.2 Å². The molecule has 0 fully saturated rings. The van der Waals surface area contributed by atoms with Crippen molar-refractivity contribution < 1.29 is 23.7 Å². The lowest BCUT2D eigenvalue weighted by atomic mass is 10.2. The van der Waals surface area contributed by atoms with Crippen molar-refractivity contribution in [2.75, 3.05) is 40.0 Å². The van der Waals surface area contributed by atoms with E-state index < -0.39 is 11.9 Å². The van der Waals surface area contributed by atoms with Crippen LogP contribution in [0.15, 0.2) is 48.5 Å². The van der Waals surface area contributed by atoms with Gasteiger partial charge in [0.1, 0.15) is 11.6 Å². The van der Waals surface area contributed by atoms with Gasteiger partial charge >= 0.3 is 0 Å². The monoisotopic (exact) mass is 491 g/mol. The fourth-order valence-corrected chi connectivity index (χ4v) is 3.63. The first kappa shape index (κ1) is 26.1. The van der Waals surface area contributed by atoms with E-state index in [1.807, 2.05) is 26.0 Å². The molecule has 1 heterocycles. The van der Waals surface area contributed by atoms with Crippen LogP contribution in [0, 0.1) is 12.7 Å². The molecule has 0 amide bonds. The minimum absolute atomic E-state index is 0.246. The first-order chi connectivity index (χ1) is 16.4. The number of hydrogen-bond donors (Lipinski definition) is 1. The van der Waals surface area contributed by atoms with E-state index in [2.05, 4.69) is 4.90 Å². The number of aliphatic hydroxyl groups is 1. The SMILES string of the molecule is CCOC[C@@H](O)CN(CCOC)Cc1c(C)nn(-c2ccc(Cl)cc2)c1Oc1cccc(F)c1. The molecule has 0 saturated carbocycles. The first-order valence-electron chi connectivity index (χ1n) is 11.2. The van der Waals surface area contributed by atoms with Gasteiger partial charge in [-0.05, 0) is 50.2 Å². The Kier molecular flexibility index (Phi) is 9.86. The molecular weight excluding hydrogens is 461 g/mol. The number of hydrogen-bond acceptors (Lipinski definition) is 6. The van der Waals surface area contributed by atoms with Crippen LogP contribution in [0.2, 0.25) is 5.02 Å². The Morgan fingerprint density at radius 2 is 1.97 bits per heavy atom. The Morgan fingerprint density at radius 3 is 2.65 bits per heavy atom. The number of nitrogens with zero attached hydrogens (tertiary/aromatic N) is 3. The lowest BCUT2D eigenvalue weighted by Gasteiger charge is -2.25. The Morgan fingerprint density at radius 1 is 1.21 bits per heavy atom. The summed E-state index contributed by atoms with van der Waals surface area (Å²) in [5.41, 5.74) is 2.33. The number of benzene rings is 2. The summed E-state index contributed by atoms with van der Waals surface area (Å²) < 4.78 is 32.4. The van der Waals surface area contributed by atoms with Crippen LogP contribution in [0.5, 0.6) is 11.6 Å². The highest BCUT2D eigenvalue weighted by Gasteiger charge is 2.23. The van der Waals surface area contributed by atoms with Crippen molar-refractivity contribution >= 4 is 11.6 Å². The molecule has 0 spiro atoms. The predicted octanol–water partition coefficient (Wildman–Crippen LogP) is 4.61. The standard InChI is InChI=1S/C25H31ClFN3O4/c1-4-33-17-22(31)15-29(12-13-32-3)16-24-18(2)28-30(21-10-8-19(26)9-11-21)25(24)34-23-7-5-6-20(27)14-23/h5-11,14,22,31H,4,12-13,15-17H2,1-3H3/t22-/m0/s1. The second kappa shape index (κ2) is 12.8. The Bertz CT molecular complexity index is 1050. The summed E-state index contributed by atoms with van der Waals surface area (Å²) in [4.78, 5) is 2.06. The zero-order chi connectivity index (χ0) is 24.5. The molecule has 3 rings (SSSR count). The van der Waals surface area contributed by atoms with Crippen LogP contribution in [-0.4, -0.2) is 65.9 Å². The van der Waals surface area contributed by atoms with E-state index in [4.69, 9.17) is 30.9 Å². The van der Waals surface area contributed by atoms with Crippen LogP contribution in [0.3, 0.4) is 0 Å². The van der Waals surface area contributed by atoms with Crippen LogP contribution < -0.4 is 4.74 Å². The molecule has 0 radical (unpaired) electrons. The number of halogens is 2. The van der Waals surface area contributed by atoms with Gasteiger partial charge in [0.25, 0.3) is 0 Å². The fourth-order valence-electron chi connectivity index (χ4n) is 3.51. The Labute approximate surface area is 204 Å². The summed E-state index contributed by atoms with van der Waals surface area (Å²) >= 11 is 6.07. The third kappa shape index (κ3) is 7.25. The molecule has 0 unspecified atom stereocenters. The molecule has 7 nitrogen and oxygen atoms in total. The summed E-state index contributed by atoms with van der Waals surface area (Å²) in [5.74, 6) is 0.428. The number of rotatable bonds is 13. The second-order valence-electron chi connectivity index (χ2n) is 7.86. The van der Waals surface area contributed by atoms with Gasteiger partial charge in [-0.2, -0.15) is 5.10 Å². The highest BCUT2D eigenvalue weighted by atomic mass is 35.5. The molecule has 1 N–H and O–H groups in total. The van der Waals surface area contributed by atoms with Crippen molar-refractivity contribution in [2.45, 2.75) is 26.5 Å². The highest BCUT2D eigenvalue weighted by Crippen LogP contribution is 2.32. The van der Waals surface area contributed by atoms with E-state index in [9.17, 15) is 9.50 Å². The average Bonchev–Trinajstić information content (AvgIpc) is 3.11.